The van der Waals surface area contributed by atoms with Gasteiger partial charge in [-0.3, -0.25) is 4.40 Å². The Hall–Kier alpha value is -3.06. The molecular weight excluding hydrogens is 392 g/mol. The van der Waals surface area contributed by atoms with Crippen LogP contribution < -0.4 is 0 Å². The van der Waals surface area contributed by atoms with Gasteiger partial charge in [-0.05, 0) is 36.8 Å². The van der Waals surface area contributed by atoms with Crippen molar-refractivity contribution >= 4 is 32.6 Å². The minimum absolute atomic E-state index is 0.742. The summed E-state index contributed by atoms with van der Waals surface area (Å²) in [7, 11) is 0. The second-order valence-electron chi connectivity index (χ2n) is 6.10. The first-order valence-electron chi connectivity index (χ1n) is 8.11. The van der Waals surface area contributed by atoms with E-state index in [1.54, 1.807) is 12.5 Å². The zero-order valence-corrected chi connectivity index (χ0v) is 15.4. The van der Waals surface area contributed by atoms with E-state index in [1.807, 2.05) is 45.5 Å². The summed E-state index contributed by atoms with van der Waals surface area (Å²) >= 11 is 3.45. The predicted molar refractivity (Wildman–Crippen MR) is 103 cm³/mol. The summed E-state index contributed by atoms with van der Waals surface area (Å²) in [4.78, 5) is 4.63. The quantitative estimate of drug-likeness (QED) is 0.442. The molecule has 0 spiro atoms. The average Bonchev–Trinajstić information content (AvgIpc) is 3.26. The average molecular weight is 405 g/mol. The molecule has 126 valence electrons. The molecular formula is C19H13BrN6. The van der Waals surface area contributed by atoms with Crippen LogP contribution >= 0.6 is 15.9 Å². The predicted octanol–water partition coefficient (Wildman–Crippen LogP) is 4.20. The Morgan fingerprint density at radius 1 is 0.962 bits per heavy atom. The van der Waals surface area contributed by atoms with Gasteiger partial charge in [-0.2, -0.15) is 5.10 Å². The van der Waals surface area contributed by atoms with E-state index in [1.165, 1.54) is 5.56 Å². The first-order valence-corrected chi connectivity index (χ1v) is 8.90. The maximum Gasteiger partial charge on any atom is 0.175 e. The Labute approximate surface area is 157 Å². The van der Waals surface area contributed by atoms with E-state index in [0.29, 0.717) is 0 Å². The van der Waals surface area contributed by atoms with Gasteiger partial charge in [0.05, 0.1) is 17.3 Å². The van der Waals surface area contributed by atoms with E-state index >= 15 is 0 Å². The van der Waals surface area contributed by atoms with Gasteiger partial charge in [-0.25, -0.2) is 9.67 Å². The number of halogens is 1. The fraction of sp³-hybridized carbons (Fsp3) is 0.0526. The van der Waals surface area contributed by atoms with Crippen molar-refractivity contribution in [1.29, 1.82) is 0 Å². The zero-order valence-electron chi connectivity index (χ0n) is 13.8. The van der Waals surface area contributed by atoms with Crippen LogP contribution in [0, 0.1) is 6.92 Å². The molecule has 0 saturated carbocycles. The van der Waals surface area contributed by atoms with Crippen molar-refractivity contribution in [2.75, 3.05) is 0 Å². The van der Waals surface area contributed by atoms with Crippen molar-refractivity contribution < 1.29 is 0 Å². The van der Waals surface area contributed by atoms with Crippen LogP contribution in [0.2, 0.25) is 0 Å². The molecule has 0 N–H and O–H groups in total. The third-order valence-corrected chi connectivity index (χ3v) is 4.85. The van der Waals surface area contributed by atoms with Crippen molar-refractivity contribution in [3.8, 4) is 17.1 Å². The molecule has 26 heavy (non-hydrogen) atoms. The number of nitrogens with zero attached hydrogens (tertiary/aromatic N) is 6. The largest absolute Gasteiger partial charge is 0.265 e. The molecule has 5 aromatic rings. The molecule has 3 heterocycles. The third-order valence-electron chi connectivity index (χ3n) is 4.32. The fourth-order valence-corrected chi connectivity index (χ4v) is 3.33. The lowest BCUT2D eigenvalue weighted by molar-refractivity contribution is 0.892. The second kappa shape index (κ2) is 5.74. The number of hydrogen-bond donors (Lipinski definition) is 0. The monoisotopic (exact) mass is 404 g/mol. The fourth-order valence-electron chi connectivity index (χ4n) is 3.07. The van der Waals surface area contributed by atoms with E-state index in [4.69, 9.17) is 0 Å². The van der Waals surface area contributed by atoms with Crippen LogP contribution in [0.3, 0.4) is 0 Å². The molecule has 7 heteroatoms. The van der Waals surface area contributed by atoms with Crippen molar-refractivity contribution in [2.24, 2.45) is 0 Å². The standard InChI is InChI=1S/C19H13BrN6/c1-12-3-2-4-15(9-12)26-18-16(10-22-26)19-24-23-17(25(19)11-21-18)13-5-7-14(20)8-6-13/h2-11H,1H3. The number of rotatable bonds is 2. The highest BCUT2D eigenvalue weighted by molar-refractivity contribution is 9.10. The molecule has 0 aliphatic carbocycles. The van der Waals surface area contributed by atoms with E-state index in [-0.39, 0.29) is 0 Å². The van der Waals surface area contributed by atoms with Gasteiger partial charge in [0.15, 0.2) is 17.1 Å². The molecule has 0 bridgehead atoms. The lowest BCUT2D eigenvalue weighted by atomic mass is 10.2. The topological polar surface area (TPSA) is 60.9 Å². The lowest BCUT2D eigenvalue weighted by Crippen LogP contribution is -1.99. The smallest absolute Gasteiger partial charge is 0.175 e. The molecule has 3 aromatic heterocycles. The van der Waals surface area contributed by atoms with E-state index < -0.39 is 0 Å². The minimum Gasteiger partial charge on any atom is -0.265 e. The Kier molecular flexibility index (Phi) is 3.36. The summed E-state index contributed by atoms with van der Waals surface area (Å²) in [5.41, 5.74) is 4.63. The number of fused-ring (bicyclic) bond motifs is 3. The van der Waals surface area contributed by atoms with Crippen molar-refractivity contribution in [3.05, 3.63) is 71.1 Å². The third kappa shape index (κ3) is 2.32. The van der Waals surface area contributed by atoms with Crippen molar-refractivity contribution in [2.45, 2.75) is 6.92 Å². The summed E-state index contributed by atoms with van der Waals surface area (Å²) in [6, 6.07) is 16.1. The van der Waals surface area contributed by atoms with Crippen LogP contribution in [0.4, 0.5) is 0 Å². The number of benzene rings is 2. The maximum atomic E-state index is 4.63. The minimum atomic E-state index is 0.742. The first-order chi connectivity index (χ1) is 12.7. The molecule has 0 amide bonds. The molecule has 0 aliphatic rings. The van der Waals surface area contributed by atoms with Crippen molar-refractivity contribution in [1.82, 2.24) is 29.4 Å². The SMILES string of the molecule is Cc1cccc(-n2ncc3c2ncn2c(-c4ccc(Br)cc4)nnc32)c1. The molecule has 0 fully saturated rings. The lowest BCUT2D eigenvalue weighted by Gasteiger charge is -2.04. The summed E-state index contributed by atoms with van der Waals surface area (Å²) < 4.78 is 4.75. The number of aryl methyl sites for hydroxylation is 1. The Morgan fingerprint density at radius 3 is 2.62 bits per heavy atom. The molecule has 0 atom stereocenters. The van der Waals surface area contributed by atoms with Gasteiger partial charge in [-0.15, -0.1) is 10.2 Å². The van der Waals surface area contributed by atoms with Gasteiger partial charge >= 0.3 is 0 Å². The molecule has 5 rings (SSSR count). The highest BCUT2D eigenvalue weighted by Crippen LogP contribution is 2.25. The van der Waals surface area contributed by atoms with Gasteiger partial charge in [0.25, 0.3) is 0 Å². The van der Waals surface area contributed by atoms with Crippen LogP contribution in [0.25, 0.3) is 33.8 Å². The summed E-state index contributed by atoms with van der Waals surface area (Å²) in [5, 5.41) is 14.1. The van der Waals surface area contributed by atoms with Gasteiger partial charge < -0.3 is 0 Å². The Morgan fingerprint density at radius 2 is 1.81 bits per heavy atom. The van der Waals surface area contributed by atoms with E-state index in [2.05, 4.69) is 55.3 Å². The van der Waals surface area contributed by atoms with Crippen LogP contribution in [0.1, 0.15) is 5.56 Å². The summed E-state index contributed by atoms with van der Waals surface area (Å²) in [5.74, 6) is 0.755. The van der Waals surface area contributed by atoms with Gasteiger partial charge in [-0.1, -0.05) is 40.2 Å². The van der Waals surface area contributed by atoms with Gasteiger partial charge in [0.2, 0.25) is 0 Å². The van der Waals surface area contributed by atoms with E-state index in [0.717, 1.165) is 38.2 Å². The molecule has 0 saturated heterocycles. The van der Waals surface area contributed by atoms with Gasteiger partial charge in [0, 0.05) is 10.0 Å². The van der Waals surface area contributed by atoms with E-state index in [9.17, 15) is 0 Å². The molecule has 2 aromatic carbocycles. The van der Waals surface area contributed by atoms with Crippen LogP contribution in [0.5, 0.6) is 0 Å². The second-order valence-corrected chi connectivity index (χ2v) is 7.02. The number of hydrogen-bond acceptors (Lipinski definition) is 4. The zero-order chi connectivity index (χ0) is 17.7. The Balaban J connectivity index is 1.71. The Bertz CT molecular complexity index is 1250. The van der Waals surface area contributed by atoms with Crippen molar-refractivity contribution in [3.63, 3.8) is 0 Å². The molecule has 0 unspecified atom stereocenters. The highest BCUT2D eigenvalue weighted by atomic mass is 79.9. The maximum absolute atomic E-state index is 4.63. The molecule has 6 nitrogen and oxygen atoms in total. The molecule has 0 aliphatic heterocycles. The molecule has 0 radical (unpaired) electrons. The van der Waals surface area contributed by atoms with Crippen LogP contribution in [-0.2, 0) is 0 Å². The summed E-state index contributed by atoms with van der Waals surface area (Å²) in [6.07, 6.45) is 3.54. The normalized spacial score (nSPS) is 11.5. The number of aromatic nitrogens is 6. The van der Waals surface area contributed by atoms with Gasteiger partial charge in [0.1, 0.15) is 6.33 Å². The summed E-state index contributed by atoms with van der Waals surface area (Å²) in [6.45, 7) is 2.06. The van der Waals surface area contributed by atoms with Crippen LogP contribution in [0.15, 0.2) is 65.5 Å². The first kappa shape index (κ1) is 15.2. The van der Waals surface area contributed by atoms with Crippen LogP contribution in [-0.4, -0.2) is 29.4 Å². The highest BCUT2D eigenvalue weighted by Gasteiger charge is 2.15.